The number of hydrogen-bond donors (Lipinski definition) is 2. The molecule has 0 bridgehead atoms. The molecule has 14 nitrogen and oxygen atoms in total. The third kappa shape index (κ3) is 53.3. The van der Waals surface area contributed by atoms with Gasteiger partial charge < -0.3 is 33.5 Å². The lowest BCUT2D eigenvalue weighted by Gasteiger charge is -2.43. The molecule has 526 valence electrons. The minimum absolute atomic E-state index is 0.00628. The number of unbranched alkanes of at least 4 members (excludes halogenated alkanes) is 41. The molecule has 0 aromatic rings. The molecule has 0 amide bonds. The van der Waals surface area contributed by atoms with Crippen LogP contribution in [0.15, 0.2) is 36.5 Å². The monoisotopic (exact) mass is 1290 g/mol. The van der Waals surface area contributed by atoms with Gasteiger partial charge in [0.2, 0.25) is 0 Å². The fourth-order valence-corrected chi connectivity index (χ4v) is 12.3. The maximum atomic E-state index is 13.8. The van der Waals surface area contributed by atoms with Gasteiger partial charge in [-0.15, -0.1) is 0 Å². The van der Waals surface area contributed by atoms with E-state index >= 15 is 0 Å². The third-order valence-corrected chi connectivity index (χ3v) is 17.9. The van der Waals surface area contributed by atoms with E-state index in [1.807, 2.05) is 0 Å². The topological polar surface area (TPSA) is 198 Å². The van der Waals surface area contributed by atoms with E-state index in [1.165, 1.54) is 161 Å². The normalized spacial score (nSPS) is 17.4. The molecule has 6 unspecified atom stereocenters. The van der Waals surface area contributed by atoms with Gasteiger partial charge >= 0.3 is 23.9 Å². The highest BCUT2D eigenvalue weighted by Crippen LogP contribution is 2.30. The summed E-state index contributed by atoms with van der Waals surface area (Å²) in [4.78, 5) is 54.1. The summed E-state index contributed by atoms with van der Waals surface area (Å²) in [5.41, 5.74) is 0. The van der Waals surface area contributed by atoms with Crippen molar-refractivity contribution in [2.45, 2.75) is 398 Å². The molecule has 0 aromatic carbocycles. The fraction of sp³-hybridized carbons (Fsp3) is 0.867. The minimum atomic E-state index is -4.77. The molecule has 1 aliphatic heterocycles. The van der Waals surface area contributed by atoms with Gasteiger partial charge in [0.15, 0.2) is 24.6 Å². The van der Waals surface area contributed by atoms with Crippen LogP contribution in [0.25, 0.3) is 0 Å². The summed E-state index contributed by atoms with van der Waals surface area (Å²) in [5, 5.41) is 11.7. The number of allylic oxidation sites excluding steroid dienone is 6. The highest BCUT2D eigenvalue weighted by Gasteiger charge is 2.51. The van der Waals surface area contributed by atoms with Gasteiger partial charge in [-0.3, -0.25) is 23.7 Å². The molecule has 1 heterocycles. The summed E-state index contributed by atoms with van der Waals surface area (Å²) < 4.78 is 70.7. The van der Waals surface area contributed by atoms with Crippen LogP contribution >= 0.6 is 0 Å². The van der Waals surface area contributed by atoms with Crippen molar-refractivity contribution in [3.8, 4) is 0 Å². The van der Waals surface area contributed by atoms with Crippen LogP contribution in [-0.4, -0.2) is 97.7 Å². The molecule has 1 aliphatic rings. The van der Waals surface area contributed by atoms with E-state index < -0.39 is 83.2 Å². The standard InChI is InChI=1S/C75H136O14S/c1-5-9-13-17-21-25-29-33-34-38-39-43-47-51-55-59-68(76)84-63-66(86-69(77)60-56-52-48-44-40-35-30-26-22-18-14-10-6-2)64-85-75-74(89-71(79)62-58-54-50-46-42-37-32-28-24-20-16-12-8-4)73(72(80)67(87-75)65-90(81,82)83)88-70(78)61-57-53-49-45-41-36-31-27-23-19-15-11-7-3/h9,13,21,25,33-34,66-67,72-75,80H,5-8,10-12,14-20,22-24,26-32,35-65H2,1-4H3,(H,81,82,83). The van der Waals surface area contributed by atoms with Crippen molar-refractivity contribution in [1.29, 1.82) is 0 Å². The first kappa shape index (κ1) is 84.9. The molecule has 2 N–H and O–H groups in total. The Balaban J connectivity index is 3.15. The van der Waals surface area contributed by atoms with Crippen molar-refractivity contribution < 1.29 is 65.7 Å². The second-order valence-corrected chi connectivity index (χ2v) is 27.4. The van der Waals surface area contributed by atoms with Crippen LogP contribution in [-0.2, 0) is 57.7 Å². The van der Waals surface area contributed by atoms with Crippen LogP contribution < -0.4 is 0 Å². The van der Waals surface area contributed by atoms with Crippen LogP contribution in [0.2, 0.25) is 0 Å². The number of carbonyl (C=O) groups is 4. The molecule has 15 heteroatoms. The molecule has 1 saturated heterocycles. The average molecular weight is 1290 g/mol. The van der Waals surface area contributed by atoms with E-state index in [0.717, 1.165) is 122 Å². The predicted octanol–water partition coefficient (Wildman–Crippen LogP) is 20.3. The number of hydrogen-bond acceptors (Lipinski definition) is 13. The number of ether oxygens (including phenoxy) is 6. The maximum Gasteiger partial charge on any atom is 0.306 e. The maximum absolute atomic E-state index is 13.8. The van der Waals surface area contributed by atoms with E-state index in [2.05, 4.69) is 64.2 Å². The highest BCUT2D eigenvalue weighted by atomic mass is 32.2. The quantitative estimate of drug-likeness (QED) is 0.0192. The summed E-state index contributed by atoms with van der Waals surface area (Å²) in [6.45, 7) is 8.02. The lowest BCUT2D eigenvalue weighted by atomic mass is 9.99. The zero-order chi connectivity index (χ0) is 65.6. The molecule has 6 atom stereocenters. The van der Waals surface area contributed by atoms with E-state index in [4.69, 9.17) is 28.4 Å². The minimum Gasteiger partial charge on any atom is -0.462 e. The van der Waals surface area contributed by atoms with Crippen LogP contribution in [0.5, 0.6) is 0 Å². The zero-order valence-electron chi connectivity index (χ0n) is 58.0. The molecule has 0 saturated carbocycles. The van der Waals surface area contributed by atoms with Crippen molar-refractivity contribution in [2.24, 2.45) is 0 Å². The number of esters is 4. The summed E-state index contributed by atoms with van der Waals surface area (Å²) in [6.07, 6.45) is 56.7. The summed E-state index contributed by atoms with van der Waals surface area (Å²) in [6, 6.07) is 0. The molecule has 1 fully saturated rings. The SMILES string of the molecule is CCC=CCC=CCC=CCCCCCCCC(=O)OCC(COC1OC(CS(=O)(=O)O)C(O)C(OC(=O)CCCCCCCCCCCCCCC)C1OC(=O)CCCCCCCCCCCCCCC)OC(=O)CCCCCCCCCCCCCCC. The van der Waals surface area contributed by atoms with Gasteiger partial charge in [-0.1, -0.05) is 315 Å². The molecule has 0 aliphatic carbocycles. The van der Waals surface area contributed by atoms with Gasteiger partial charge in [-0.2, -0.15) is 8.42 Å². The van der Waals surface area contributed by atoms with E-state index in [1.54, 1.807) is 0 Å². The van der Waals surface area contributed by atoms with Gasteiger partial charge in [-0.05, 0) is 57.8 Å². The lowest BCUT2D eigenvalue weighted by Crippen LogP contribution is -2.62. The number of aliphatic hydroxyl groups excluding tert-OH is 1. The van der Waals surface area contributed by atoms with Gasteiger partial charge in [0.25, 0.3) is 10.1 Å². The first-order valence-electron chi connectivity index (χ1n) is 37.4. The Bertz CT molecular complexity index is 1890. The Morgan fingerprint density at radius 3 is 1.13 bits per heavy atom. The largest absolute Gasteiger partial charge is 0.462 e. The van der Waals surface area contributed by atoms with Crippen molar-refractivity contribution >= 4 is 34.0 Å². The Kier molecular flexibility index (Phi) is 58.5. The molecular weight excluding hydrogens is 1160 g/mol. The van der Waals surface area contributed by atoms with Gasteiger partial charge in [0.1, 0.15) is 24.6 Å². The molecular formula is C75H136O14S. The van der Waals surface area contributed by atoms with Gasteiger partial charge in [0, 0.05) is 25.7 Å². The Morgan fingerprint density at radius 2 is 0.744 bits per heavy atom. The summed E-state index contributed by atoms with van der Waals surface area (Å²) in [5.74, 6) is -3.39. The number of aliphatic hydroxyl groups is 1. The third-order valence-electron chi connectivity index (χ3n) is 17.2. The average Bonchev–Trinajstić information content (AvgIpc) is 0.890. The van der Waals surface area contributed by atoms with Gasteiger partial charge in [0.05, 0.1) is 6.61 Å². The fourth-order valence-electron chi connectivity index (χ4n) is 11.6. The van der Waals surface area contributed by atoms with Crippen molar-refractivity contribution in [3.63, 3.8) is 0 Å². The van der Waals surface area contributed by atoms with Crippen LogP contribution in [0.3, 0.4) is 0 Å². The summed E-state index contributed by atoms with van der Waals surface area (Å²) >= 11 is 0. The molecule has 0 radical (unpaired) electrons. The first-order valence-corrected chi connectivity index (χ1v) is 39.0. The second kappa shape index (κ2) is 62.0. The van der Waals surface area contributed by atoms with E-state index in [9.17, 15) is 37.3 Å². The highest BCUT2D eigenvalue weighted by molar-refractivity contribution is 7.85. The summed E-state index contributed by atoms with van der Waals surface area (Å²) in [7, 11) is -4.77. The smallest absolute Gasteiger partial charge is 0.306 e. The lowest BCUT2D eigenvalue weighted by molar-refractivity contribution is -0.302. The van der Waals surface area contributed by atoms with Crippen LogP contribution in [0.4, 0.5) is 0 Å². The van der Waals surface area contributed by atoms with E-state index in [-0.39, 0.29) is 32.3 Å². The first-order chi connectivity index (χ1) is 43.8. The van der Waals surface area contributed by atoms with Crippen molar-refractivity contribution in [3.05, 3.63) is 36.5 Å². The Morgan fingerprint density at radius 1 is 0.411 bits per heavy atom. The Labute approximate surface area is 550 Å². The Hall–Kier alpha value is -3.11. The molecule has 1 rings (SSSR count). The van der Waals surface area contributed by atoms with Crippen molar-refractivity contribution in [2.75, 3.05) is 19.0 Å². The number of carbonyl (C=O) groups excluding carboxylic acids is 4. The number of rotatable bonds is 65. The van der Waals surface area contributed by atoms with E-state index in [0.29, 0.717) is 25.7 Å². The molecule has 0 aromatic heterocycles. The van der Waals surface area contributed by atoms with Crippen molar-refractivity contribution in [1.82, 2.24) is 0 Å². The second-order valence-electron chi connectivity index (χ2n) is 25.9. The zero-order valence-corrected chi connectivity index (χ0v) is 58.8. The van der Waals surface area contributed by atoms with Gasteiger partial charge in [-0.25, -0.2) is 0 Å². The molecule has 90 heavy (non-hydrogen) atoms. The van der Waals surface area contributed by atoms with Crippen LogP contribution in [0, 0.1) is 0 Å². The molecule has 0 spiro atoms. The predicted molar refractivity (Wildman–Crippen MR) is 368 cm³/mol. The van der Waals surface area contributed by atoms with Crippen LogP contribution in [0.1, 0.15) is 362 Å².